The first-order valence-corrected chi connectivity index (χ1v) is 6.87. The molecule has 0 amide bonds. The number of carbonyl (C=O) groups excluding carboxylic acids is 1. The van der Waals surface area contributed by atoms with Gasteiger partial charge in [-0.25, -0.2) is 9.18 Å². The Kier molecular flexibility index (Phi) is 3.71. The molecule has 114 valence electrons. The fraction of sp³-hybridized carbons (Fsp3) is 0.235. The van der Waals surface area contributed by atoms with E-state index < -0.39 is 12.3 Å². The van der Waals surface area contributed by atoms with Gasteiger partial charge in [-0.15, -0.1) is 0 Å². The fourth-order valence-electron chi connectivity index (χ4n) is 2.44. The molecule has 1 aliphatic rings. The Bertz CT molecular complexity index is 727. The van der Waals surface area contributed by atoms with Gasteiger partial charge in [0.15, 0.2) is 0 Å². The summed E-state index contributed by atoms with van der Waals surface area (Å²) in [5.41, 5.74) is 1.92. The number of benzene rings is 2. The number of halogens is 1. The van der Waals surface area contributed by atoms with Gasteiger partial charge >= 0.3 is 12.3 Å². The molecule has 0 fully saturated rings. The maximum absolute atomic E-state index is 14.2. The van der Waals surface area contributed by atoms with Crippen molar-refractivity contribution in [3.05, 3.63) is 58.9 Å². The Morgan fingerprint density at radius 1 is 1.23 bits per heavy atom. The molecule has 0 bridgehead atoms. The van der Waals surface area contributed by atoms with E-state index in [0.29, 0.717) is 23.5 Å². The minimum atomic E-state index is -1.27. The fourth-order valence-corrected chi connectivity index (χ4v) is 2.44. The molecular weight excluding hydrogens is 287 g/mol. The van der Waals surface area contributed by atoms with Crippen molar-refractivity contribution < 1.29 is 23.4 Å². The average Bonchev–Trinajstić information content (AvgIpc) is 2.51. The maximum Gasteiger partial charge on any atom is 0.389 e. The Hall–Kier alpha value is -2.56. The monoisotopic (exact) mass is 302 g/mol. The van der Waals surface area contributed by atoms with Crippen LogP contribution in [0.3, 0.4) is 0 Å². The molecule has 0 radical (unpaired) electrons. The minimum absolute atomic E-state index is 0.324. The second-order valence-corrected chi connectivity index (χ2v) is 5.05. The van der Waals surface area contributed by atoms with Crippen LogP contribution in [0.2, 0.25) is 0 Å². The zero-order valence-corrected chi connectivity index (χ0v) is 12.3. The number of esters is 1. The molecule has 0 N–H and O–H groups in total. The molecular formula is C17H15FO4. The van der Waals surface area contributed by atoms with Crippen LogP contribution in [0.4, 0.5) is 4.39 Å². The van der Waals surface area contributed by atoms with Gasteiger partial charge in [0.2, 0.25) is 0 Å². The minimum Gasteiger partial charge on any atom is -0.463 e. The molecule has 4 nitrogen and oxygen atoms in total. The first-order chi connectivity index (χ1) is 10.6. The summed E-state index contributed by atoms with van der Waals surface area (Å²) in [5.74, 6) is -0.249. The molecule has 1 heterocycles. The van der Waals surface area contributed by atoms with Crippen molar-refractivity contribution >= 4 is 5.97 Å². The number of para-hydroxylation sites is 1. The Balaban J connectivity index is 2.16. The second kappa shape index (κ2) is 5.67. The third kappa shape index (κ3) is 2.50. The first-order valence-electron chi connectivity index (χ1n) is 6.87. The lowest BCUT2D eigenvalue weighted by Gasteiger charge is -2.25. The number of hydrogen-bond acceptors (Lipinski definition) is 4. The van der Waals surface area contributed by atoms with E-state index in [1.165, 1.54) is 13.2 Å². The molecule has 22 heavy (non-hydrogen) atoms. The van der Waals surface area contributed by atoms with Crippen molar-refractivity contribution in [2.24, 2.45) is 0 Å². The Morgan fingerprint density at radius 2 is 2.00 bits per heavy atom. The zero-order valence-electron chi connectivity index (χ0n) is 12.3. The number of aryl methyl sites for hydroxylation is 1. The summed E-state index contributed by atoms with van der Waals surface area (Å²) in [7, 11) is 1.25. The molecule has 3 rings (SSSR count). The highest BCUT2D eigenvalue weighted by Gasteiger charge is 2.29. The van der Waals surface area contributed by atoms with Crippen LogP contribution < -0.4 is 9.47 Å². The van der Waals surface area contributed by atoms with E-state index in [1.54, 1.807) is 25.1 Å². The van der Waals surface area contributed by atoms with Crippen molar-refractivity contribution in [1.29, 1.82) is 0 Å². The summed E-state index contributed by atoms with van der Waals surface area (Å²) in [5, 5.41) is 0. The average molecular weight is 302 g/mol. The van der Waals surface area contributed by atoms with Crippen molar-refractivity contribution in [3.63, 3.8) is 0 Å². The maximum atomic E-state index is 14.2. The van der Waals surface area contributed by atoms with E-state index in [0.717, 1.165) is 11.1 Å². The van der Waals surface area contributed by atoms with Crippen LogP contribution in [0.25, 0.3) is 0 Å². The number of carbonyl (C=O) groups is 1. The Labute approximate surface area is 127 Å². The van der Waals surface area contributed by atoms with Crippen LogP contribution in [0.15, 0.2) is 36.4 Å². The summed E-state index contributed by atoms with van der Waals surface area (Å²) in [6, 6.07) is 10.2. The summed E-state index contributed by atoms with van der Waals surface area (Å²) >= 11 is 0. The van der Waals surface area contributed by atoms with Crippen LogP contribution in [-0.4, -0.2) is 19.4 Å². The molecule has 1 unspecified atom stereocenters. The van der Waals surface area contributed by atoms with Crippen molar-refractivity contribution in [3.8, 4) is 11.5 Å². The molecule has 2 aromatic carbocycles. The number of rotatable bonds is 1. The summed E-state index contributed by atoms with van der Waals surface area (Å²) < 4.78 is 30.2. The zero-order chi connectivity index (χ0) is 15.7. The van der Waals surface area contributed by atoms with Gasteiger partial charge in [0, 0.05) is 12.0 Å². The number of ether oxygens (including phenoxy) is 3. The highest BCUT2D eigenvalue weighted by Crippen LogP contribution is 2.34. The topological polar surface area (TPSA) is 44.8 Å². The van der Waals surface area contributed by atoms with Gasteiger partial charge in [-0.2, -0.15) is 0 Å². The van der Waals surface area contributed by atoms with Crippen LogP contribution in [-0.2, 0) is 16.0 Å². The molecule has 2 aromatic rings. The van der Waals surface area contributed by atoms with Gasteiger partial charge in [-0.3, -0.25) is 0 Å². The SMILES string of the molecule is COC(=O)C1Oc2ccccc2Cc2c(F)ccc(C)c2O1. The normalized spacial score (nSPS) is 16.2. The van der Waals surface area contributed by atoms with Gasteiger partial charge in [0.25, 0.3) is 0 Å². The summed E-state index contributed by atoms with van der Waals surface area (Å²) in [6.07, 6.45) is -0.946. The molecule has 1 atom stereocenters. The lowest BCUT2D eigenvalue weighted by molar-refractivity contribution is -0.162. The number of fused-ring (bicyclic) bond motifs is 2. The highest BCUT2D eigenvalue weighted by atomic mass is 19.1. The smallest absolute Gasteiger partial charge is 0.389 e. The van der Waals surface area contributed by atoms with Gasteiger partial charge < -0.3 is 14.2 Å². The first kappa shape index (κ1) is 14.4. The van der Waals surface area contributed by atoms with Gasteiger partial charge in [0.1, 0.15) is 17.3 Å². The van der Waals surface area contributed by atoms with E-state index in [1.807, 2.05) is 12.1 Å². The molecule has 5 heteroatoms. The molecule has 0 aliphatic carbocycles. The molecule has 1 aliphatic heterocycles. The van der Waals surface area contributed by atoms with Gasteiger partial charge in [-0.05, 0) is 30.2 Å². The van der Waals surface area contributed by atoms with E-state index >= 15 is 0 Å². The predicted molar refractivity (Wildman–Crippen MR) is 77.4 cm³/mol. The Morgan fingerprint density at radius 3 is 2.77 bits per heavy atom. The standard InChI is InChI=1S/C17H15FO4/c1-10-7-8-13(18)12-9-11-5-3-4-6-14(11)21-17(16(19)20-2)22-15(10)12/h3-8,17H,9H2,1-2H3. The summed E-state index contributed by atoms with van der Waals surface area (Å²) in [6.45, 7) is 1.79. The van der Waals surface area contributed by atoms with Crippen LogP contribution in [0.1, 0.15) is 16.7 Å². The van der Waals surface area contributed by atoms with Crippen LogP contribution in [0.5, 0.6) is 11.5 Å². The van der Waals surface area contributed by atoms with Gasteiger partial charge in [-0.1, -0.05) is 24.3 Å². The van der Waals surface area contributed by atoms with Gasteiger partial charge in [0.05, 0.1) is 7.11 Å². The van der Waals surface area contributed by atoms with Crippen LogP contribution in [0, 0.1) is 12.7 Å². The quantitative estimate of drug-likeness (QED) is 0.760. The van der Waals surface area contributed by atoms with E-state index in [-0.39, 0.29) is 5.82 Å². The third-order valence-electron chi connectivity index (χ3n) is 3.59. The second-order valence-electron chi connectivity index (χ2n) is 5.05. The highest BCUT2D eigenvalue weighted by molar-refractivity contribution is 5.74. The lowest BCUT2D eigenvalue weighted by atomic mass is 10.00. The number of hydrogen-bond donors (Lipinski definition) is 0. The van der Waals surface area contributed by atoms with E-state index in [4.69, 9.17) is 14.2 Å². The van der Waals surface area contributed by atoms with E-state index in [2.05, 4.69) is 0 Å². The molecule has 0 spiro atoms. The van der Waals surface area contributed by atoms with Crippen molar-refractivity contribution in [2.45, 2.75) is 19.6 Å². The van der Waals surface area contributed by atoms with E-state index in [9.17, 15) is 9.18 Å². The molecule has 0 saturated carbocycles. The van der Waals surface area contributed by atoms with Crippen LogP contribution >= 0.6 is 0 Å². The van der Waals surface area contributed by atoms with Crippen molar-refractivity contribution in [2.75, 3.05) is 7.11 Å². The summed E-state index contributed by atoms with van der Waals surface area (Å²) in [4.78, 5) is 11.9. The number of methoxy groups -OCH3 is 1. The lowest BCUT2D eigenvalue weighted by Crippen LogP contribution is -2.36. The molecule has 0 saturated heterocycles. The third-order valence-corrected chi connectivity index (χ3v) is 3.59. The molecule has 0 aromatic heterocycles. The largest absolute Gasteiger partial charge is 0.463 e. The van der Waals surface area contributed by atoms with Crippen molar-refractivity contribution in [1.82, 2.24) is 0 Å². The predicted octanol–water partition coefficient (Wildman–Crippen LogP) is 3.00.